The molecule has 2 rings (SSSR count). The Bertz CT molecular complexity index is 729. The molecular formula is C20H28N2O6. The van der Waals surface area contributed by atoms with Crippen LogP contribution in [0.3, 0.4) is 0 Å². The number of hydrogen-bond donors (Lipinski definition) is 4. The van der Waals surface area contributed by atoms with Gasteiger partial charge in [-0.1, -0.05) is 31.5 Å². The average molecular weight is 392 g/mol. The van der Waals surface area contributed by atoms with Crippen LogP contribution in [0.15, 0.2) is 24.3 Å². The number of epoxide rings is 1. The van der Waals surface area contributed by atoms with Gasteiger partial charge in [-0.25, -0.2) is 0 Å². The lowest BCUT2D eigenvalue weighted by Gasteiger charge is -2.24. The number of aliphatic hydroxyl groups is 2. The number of carbonyl (C=O) groups excluding carboxylic acids is 3. The molecule has 154 valence electrons. The minimum absolute atomic E-state index is 0.0956. The highest BCUT2D eigenvalue weighted by Gasteiger charge is 2.54. The molecule has 1 aliphatic rings. The Kier molecular flexibility index (Phi) is 7.29. The van der Waals surface area contributed by atoms with Crippen LogP contribution in [-0.2, 0) is 14.3 Å². The first-order valence-corrected chi connectivity index (χ1v) is 9.30. The van der Waals surface area contributed by atoms with Gasteiger partial charge in [0.2, 0.25) is 5.91 Å². The van der Waals surface area contributed by atoms with Crippen molar-refractivity contribution in [1.82, 2.24) is 10.6 Å². The van der Waals surface area contributed by atoms with Crippen LogP contribution in [0.1, 0.15) is 36.2 Å². The van der Waals surface area contributed by atoms with Gasteiger partial charge in [0, 0.05) is 5.56 Å². The summed E-state index contributed by atoms with van der Waals surface area (Å²) >= 11 is 0. The van der Waals surface area contributed by atoms with Crippen molar-refractivity contribution in [3.8, 4) is 0 Å². The second kappa shape index (κ2) is 9.27. The zero-order chi connectivity index (χ0) is 20.9. The second-order valence-corrected chi connectivity index (χ2v) is 7.57. The van der Waals surface area contributed by atoms with E-state index < -0.39 is 48.5 Å². The van der Waals surface area contributed by atoms with Crippen molar-refractivity contribution < 1.29 is 29.3 Å². The summed E-state index contributed by atoms with van der Waals surface area (Å²) < 4.78 is 5.10. The minimum atomic E-state index is -1.26. The van der Waals surface area contributed by atoms with Crippen LogP contribution >= 0.6 is 0 Å². The summed E-state index contributed by atoms with van der Waals surface area (Å²) in [7, 11) is 0. The molecule has 0 aliphatic carbocycles. The van der Waals surface area contributed by atoms with Gasteiger partial charge in [-0.15, -0.1) is 0 Å². The fraction of sp³-hybridized carbons (Fsp3) is 0.550. The summed E-state index contributed by atoms with van der Waals surface area (Å²) in [5.41, 5.74) is -0.00235. The topological polar surface area (TPSA) is 128 Å². The third-order valence-electron chi connectivity index (χ3n) is 4.62. The number of Topliss-reactive ketones (excluding diaryl/α,β-unsaturated/α-hetero) is 1. The van der Waals surface area contributed by atoms with Crippen LogP contribution in [0.25, 0.3) is 0 Å². The van der Waals surface area contributed by atoms with E-state index in [4.69, 9.17) is 4.74 Å². The molecule has 2 amide bonds. The number of aliphatic hydroxyl groups excluding tert-OH is 2. The van der Waals surface area contributed by atoms with Crippen molar-refractivity contribution in [2.75, 3.05) is 19.8 Å². The number of ketones is 1. The summed E-state index contributed by atoms with van der Waals surface area (Å²) in [6.07, 6.45) is 0.347. The van der Waals surface area contributed by atoms with E-state index in [-0.39, 0.29) is 12.5 Å². The van der Waals surface area contributed by atoms with E-state index in [1.165, 1.54) is 0 Å². The molecule has 1 aromatic carbocycles. The predicted octanol–water partition coefficient (Wildman–Crippen LogP) is -0.0530. The molecule has 1 heterocycles. The lowest BCUT2D eigenvalue weighted by atomic mass is 9.92. The van der Waals surface area contributed by atoms with Crippen LogP contribution in [0.4, 0.5) is 0 Å². The molecule has 0 bridgehead atoms. The van der Waals surface area contributed by atoms with E-state index in [2.05, 4.69) is 10.6 Å². The highest BCUT2D eigenvalue weighted by atomic mass is 16.6. The zero-order valence-electron chi connectivity index (χ0n) is 16.4. The van der Waals surface area contributed by atoms with Crippen molar-refractivity contribution in [2.45, 2.75) is 44.9 Å². The van der Waals surface area contributed by atoms with Crippen molar-refractivity contribution in [3.63, 3.8) is 0 Å². The van der Waals surface area contributed by atoms with E-state index in [9.17, 15) is 24.6 Å². The zero-order valence-corrected chi connectivity index (χ0v) is 16.4. The third-order valence-corrected chi connectivity index (χ3v) is 4.62. The van der Waals surface area contributed by atoms with Gasteiger partial charge in [-0.3, -0.25) is 14.4 Å². The van der Waals surface area contributed by atoms with Crippen molar-refractivity contribution in [2.24, 2.45) is 5.92 Å². The Morgan fingerprint density at radius 1 is 1.18 bits per heavy atom. The van der Waals surface area contributed by atoms with Crippen LogP contribution in [0.5, 0.6) is 0 Å². The molecule has 0 aromatic heterocycles. The summed E-state index contributed by atoms with van der Waals surface area (Å²) in [5, 5.41) is 24.1. The van der Waals surface area contributed by atoms with E-state index >= 15 is 0 Å². The van der Waals surface area contributed by atoms with Crippen LogP contribution in [0, 0.1) is 12.8 Å². The first-order valence-electron chi connectivity index (χ1n) is 9.30. The largest absolute Gasteiger partial charge is 0.394 e. The van der Waals surface area contributed by atoms with Gasteiger partial charge in [0.1, 0.15) is 6.04 Å². The molecule has 8 nitrogen and oxygen atoms in total. The number of rotatable bonds is 10. The first-order chi connectivity index (χ1) is 13.2. The quantitative estimate of drug-likeness (QED) is 0.413. The monoisotopic (exact) mass is 392 g/mol. The Labute approximate surface area is 164 Å². The summed E-state index contributed by atoms with van der Waals surface area (Å²) in [4.78, 5) is 37.6. The molecule has 1 fully saturated rings. The molecule has 1 aromatic rings. The van der Waals surface area contributed by atoms with Gasteiger partial charge in [0.15, 0.2) is 11.4 Å². The number of hydrogen-bond acceptors (Lipinski definition) is 6. The maximum atomic E-state index is 12.7. The smallest absolute Gasteiger partial charge is 0.252 e. The van der Waals surface area contributed by atoms with Gasteiger partial charge in [-0.05, 0) is 31.4 Å². The highest BCUT2D eigenvalue weighted by Crippen LogP contribution is 2.30. The van der Waals surface area contributed by atoms with Crippen LogP contribution in [0.2, 0.25) is 0 Å². The second-order valence-electron chi connectivity index (χ2n) is 7.57. The molecule has 2 unspecified atom stereocenters. The Morgan fingerprint density at radius 3 is 2.36 bits per heavy atom. The fourth-order valence-corrected chi connectivity index (χ4v) is 2.91. The maximum absolute atomic E-state index is 12.7. The van der Waals surface area contributed by atoms with Gasteiger partial charge < -0.3 is 25.6 Å². The van der Waals surface area contributed by atoms with E-state index in [0.717, 1.165) is 5.56 Å². The average Bonchev–Trinajstić information content (AvgIpc) is 3.45. The van der Waals surface area contributed by atoms with E-state index in [1.54, 1.807) is 18.2 Å². The third kappa shape index (κ3) is 5.37. The molecule has 1 saturated heterocycles. The number of aryl methyl sites for hydroxylation is 1. The minimum Gasteiger partial charge on any atom is -0.394 e. The molecule has 0 radical (unpaired) electrons. The fourth-order valence-electron chi connectivity index (χ4n) is 2.91. The molecule has 0 spiro atoms. The van der Waals surface area contributed by atoms with Gasteiger partial charge in [0.25, 0.3) is 5.91 Å². The van der Waals surface area contributed by atoms with Crippen molar-refractivity contribution in [3.05, 3.63) is 35.4 Å². The van der Waals surface area contributed by atoms with Gasteiger partial charge >= 0.3 is 0 Å². The Balaban J connectivity index is 2.07. The van der Waals surface area contributed by atoms with Gasteiger partial charge in [-0.2, -0.15) is 0 Å². The van der Waals surface area contributed by atoms with E-state index in [0.29, 0.717) is 12.0 Å². The summed E-state index contributed by atoms with van der Waals surface area (Å²) in [6.45, 7) is 4.67. The maximum Gasteiger partial charge on any atom is 0.252 e. The molecule has 0 saturated carbocycles. The molecule has 8 heteroatoms. The number of nitrogens with one attached hydrogen (secondary N) is 2. The SMILES string of the molecule is Cc1cccc(C(=O)N[C@@H](CO)C(=O)NC(CC(C)C)C(=O)C2(CO)CO2)c1. The first kappa shape index (κ1) is 22.0. The Morgan fingerprint density at radius 2 is 1.86 bits per heavy atom. The normalized spacial score (nSPS) is 20.4. The summed E-state index contributed by atoms with van der Waals surface area (Å²) in [5.74, 6) is -1.48. The standard InChI is InChI=1S/C20H28N2O6/c1-12(2)7-15(17(25)20(10-24)11-28-20)21-19(27)16(9-23)22-18(26)14-6-4-5-13(3)8-14/h4-6,8,12,15-16,23-24H,7,9-11H2,1-3H3,(H,21,27)(H,22,26)/t15?,16-,20?/m0/s1. The molecule has 4 N–H and O–H groups in total. The van der Waals surface area contributed by atoms with Gasteiger partial charge in [0.05, 0.1) is 25.9 Å². The van der Waals surface area contributed by atoms with Crippen molar-refractivity contribution in [1.29, 1.82) is 0 Å². The Hall–Kier alpha value is -2.29. The number of benzene rings is 1. The van der Waals surface area contributed by atoms with Crippen molar-refractivity contribution >= 4 is 17.6 Å². The predicted molar refractivity (Wildman–Crippen MR) is 102 cm³/mol. The van der Waals surface area contributed by atoms with Crippen LogP contribution in [-0.4, -0.2) is 65.3 Å². The van der Waals surface area contributed by atoms with E-state index in [1.807, 2.05) is 26.8 Å². The lowest BCUT2D eigenvalue weighted by molar-refractivity contribution is -0.133. The number of carbonyl (C=O) groups is 3. The molecule has 3 atom stereocenters. The lowest BCUT2D eigenvalue weighted by Crippen LogP contribution is -2.55. The molecular weight excluding hydrogens is 364 g/mol. The molecule has 28 heavy (non-hydrogen) atoms. The van der Waals surface area contributed by atoms with Crippen LogP contribution < -0.4 is 10.6 Å². The highest BCUT2D eigenvalue weighted by molar-refractivity contribution is 6.00. The number of ether oxygens (including phenoxy) is 1. The molecule has 1 aliphatic heterocycles. The number of amides is 2. The summed E-state index contributed by atoms with van der Waals surface area (Å²) in [6, 6.07) is 4.75.